The first-order valence-corrected chi connectivity index (χ1v) is 7.88. The second-order valence-electron chi connectivity index (χ2n) is 4.42. The number of carbonyl (C=O) groups is 1. The van der Waals surface area contributed by atoms with Gasteiger partial charge in [-0.3, -0.25) is 4.79 Å². The summed E-state index contributed by atoms with van der Waals surface area (Å²) in [5.41, 5.74) is 0. The van der Waals surface area contributed by atoms with Gasteiger partial charge in [-0.1, -0.05) is 6.92 Å². The highest BCUT2D eigenvalue weighted by molar-refractivity contribution is 9.10. The summed E-state index contributed by atoms with van der Waals surface area (Å²) < 4.78 is 1.17. The minimum Gasteiger partial charge on any atom is -0.354 e. The number of thiophene rings is 1. The molecule has 0 aromatic carbocycles. The maximum atomic E-state index is 11.5. The summed E-state index contributed by atoms with van der Waals surface area (Å²) in [5, 5.41) is 6.25. The molecule has 0 saturated carbocycles. The lowest BCUT2D eigenvalue weighted by molar-refractivity contribution is -0.121. The molecule has 0 spiro atoms. The van der Waals surface area contributed by atoms with Crippen molar-refractivity contribution in [2.24, 2.45) is 0 Å². The van der Waals surface area contributed by atoms with Crippen molar-refractivity contribution in [1.29, 1.82) is 0 Å². The van der Waals surface area contributed by atoms with Gasteiger partial charge in [0.2, 0.25) is 5.91 Å². The first-order chi connectivity index (χ1) is 8.52. The summed E-state index contributed by atoms with van der Waals surface area (Å²) in [6, 6.07) is 2.40. The van der Waals surface area contributed by atoms with Crippen LogP contribution in [0.3, 0.4) is 0 Å². The molecular formula is C13H21BrN2OS. The Labute approximate surface area is 121 Å². The zero-order chi connectivity index (χ0) is 13.5. The van der Waals surface area contributed by atoms with Gasteiger partial charge in [0.05, 0.1) is 0 Å². The third-order valence-corrected chi connectivity index (χ3v) is 4.89. The Morgan fingerprint density at radius 1 is 1.56 bits per heavy atom. The van der Waals surface area contributed by atoms with E-state index in [4.69, 9.17) is 0 Å². The van der Waals surface area contributed by atoms with Crippen LogP contribution in [0, 0.1) is 6.92 Å². The molecule has 1 unspecified atom stereocenters. The molecule has 1 rings (SSSR count). The molecule has 3 nitrogen and oxygen atoms in total. The van der Waals surface area contributed by atoms with Gasteiger partial charge in [0.1, 0.15) is 0 Å². The highest BCUT2D eigenvalue weighted by Crippen LogP contribution is 2.25. The van der Waals surface area contributed by atoms with E-state index in [1.54, 1.807) is 11.3 Å². The van der Waals surface area contributed by atoms with Crippen molar-refractivity contribution in [3.8, 4) is 0 Å². The third kappa shape index (κ3) is 5.50. The molecular weight excluding hydrogens is 312 g/mol. The van der Waals surface area contributed by atoms with Gasteiger partial charge in [-0.15, -0.1) is 11.3 Å². The van der Waals surface area contributed by atoms with Crippen LogP contribution in [0.25, 0.3) is 0 Å². The summed E-state index contributed by atoms with van der Waals surface area (Å²) >= 11 is 5.28. The molecule has 1 amide bonds. The lowest BCUT2D eigenvalue weighted by Crippen LogP contribution is -2.33. The first-order valence-electron chi connectivity index (χ1n) is 6.27. The predicted molar refractivity (Wildman–Crippen MR) is 81.0 cm³/mol. The Morgan fingerprint density at radius 3 is 2.83 bits per heavy atom. The van der Waals surface area contributed by atoms with Crippen molar-refractivity contribution in [2.75, 3.05) is 6.54 Å². The molecule has 2 N–H and O–H groups in total. The highest BCUT2D eigenvalue weighted by atomic mass is 79.9. The van der Waals surface area contributed by atoms with E-state index in [-0.39, 0.29) is 11.9 Å². The standard InChI is InChI=1S/C13H21BrN2OS/c1-4-9(2)16-13(17)5-6-15-8-11-7-12(14)10(3)18-11/h7,9,15H,4-6,8H2,1-3H3,(H,16,17). The number of nitrogens with one attached hydrogen (secondary N) is 2. The summed E-state index contributed by atoms with van der Waals surface area (Å²) in [7, 11) is 0. The van der Waals surface area contributed by atoms with E-state index >= 15 is 0 Å². The second-order valence-corrected chi connectivity index (χ2v) is 6.62. The molecule has 18 heavy (non-hydrogen) atoms. The summed E-state index contributed by atoms with van der Waals surface area (Å²) in [5.74, 6) is 0.125. The summed E-state index contributed by atoms with van der Waals surface area (Å²) in [6.07, 6.45) is 1.51. The van der Waals surface area contributed by atoms with E-state index in [1.165, 1.54) is 14.2 Å². The van der Waals surface area contributed by atoms with Crippen molar-refractivity contribution in [1.82, 2.24) is 10.6 Å². The Kier molecular flexibility index (Phi) is 6.89. The lowest BCUT2D eigenvalue weighted by atomic mass is 10.2. The zero-order valence-electron chi connectivity index (χ0n) is 11.2. The molecule has 0 aliphatic carbocycles. The quantitative estimate of drug-likeness (QED) is 0.753. The Hall–Kier alpha value is -0.390. The largest absolute Gasteiger partial charge is 0.354 e. The number of carbonyl (C=O) groups excluding carboxylic acids is 1. The SMILES string of the molecule is CCC(C)NC(=O)CCNCc1cc(Br)c(C)s1. The molecule has 1 atom stereocenters. The van der Waals surface area contributed by atoms with Gasteiger partial charge in [0, 0.05) is 39.8 Å². The molecule has 0 aliphatic heterocycles. The van der Waals surface area contributed by atoms with Crippen LogP contribution in [0.4, 0.5) is 0 Å². The molecule has 1 heterocycles. The van der Waals surface area contributed by atoms with E-state index < -0.39 is 0 Å². The van der Waals surface area contributed by atoms with E-state index in [0.29, 0.717) is 6.42 Å². The van der Waals surface area contributed by atoms with Gasteiger partial charge in [0.15, 0.2) is 0 Å². The summed E-state index contributed by atoms with van der Waals surface area (Å²) in [4.78, 5) is 14.1. The monoisotopic (exact) mass is 332 g/mol. The van der Waals surface area contributed by atoms with Crippen molar-refractivity contribution in [3.05, 3.63) is 20.3 Å². The fourth-order valence-electron chi connectivity index (χ4n) is 1.47. The number of hydrogen-bond donors (Lipinski definition) is 2. The van der Waals surface area contributed by atoms with Crippen LogP contribution in [-0.4, -0.2) is 18.5 Å². The van der Waals surface area contributed by atoms with Crippen LogP contribution in [0.5, 0.6) is 0 Å². The number of hydrogen-bond acceptors (Lipinski definition) is 3. The molecule has 0 saturated heterocycles. The van der Waals surface area contributed by atoms with E-state index in [9.17, 15) is 4.79 Å². The predicted octanol–water partition coefficient (Wildman–Crippen LogP) is 3.21. The maximum Gasteiger partial charge on any atom is 0.221 e. The van der Waals surface area contributed by atoms with Crippen LogP contribution < -0.4 is 10.6 Å². The Balaban J connectivity index is 2.17. The molecule has 0 fully saturated rings. The minimum atomic E-state index is 0.125. The van der Waals surface area contributed by atoms with Gasteiger partial charge < -0.3 is 10.6 Å². The van der Waals surface area contributed by atoms with E-state index in [1.807, 2.05) is 6.92 Å². The summed E-state index contributed by atoms with van der Waals surface area (Å²) in [6.45, 7) is 7.74. The molecule has 102 valence electrons. The van der Waals surface area contributed by atoms with E-state index in [0.717, 1.165) is 19.5 Å². The van der Waals surface area contributed by atoms with Crippen molar-refractivity contribution in [3.63, 3.8) is 0 Å². The molecule has 1 aromatic heterocycles. The van der Waals surface area contributed by atoms with Crippen LogP contribution in [0.2, 0.25) is 0 Å². The van der Waals surface area contributed by atoms with Gasteiger partial charge in [0.25, 0.3) is 0 Å². The number of halogens is 1. The van der Waals surface area contributed by atoms with Crippen molar-refractivity contribution in [2.45, 2.75) is 46.2 Å². The normalized spacial score (nSPS) is 12.4. The minimum absolute atomic E-state index is 0.125. The average molecular weight is 333 g/mol. The molecule has 0 aliphatic rings. The third-order valence-electron chi connectivity index (χ3n) is 2.76. The topological polar surface area (TPSA) is 41.1 Å². The fraction of sp³-hybridized carbons (Fsp3) is 0.615. The number of amides is 1. The molecule has 1 aromatic rings. The zero-order valence-corrected chi connectivity index (χ0v) is 13.6. The smallest absolute Gasteiger partial charge is 0.221 e. The van der Waals surface area contributed by atoms with Crippen LogP contribution >= 0.6 is 27.3 Å². The Morgan fingerprint density at radius 2 is 2.28 bits per heavy atom. The van der Waals surface area contributed by atoms with Crippen molar-refractivity contribution >= 4 is 33.2 Å². The highest BCUT2D eigenvalue weighted by Gasteiger charge is 2.05. The maximum absolute atomic E-state index is 11.5. The van der Waals surface area contributed by atoms with Crippen LogP contribution in [0.15, 0.2) is 10.5 Å². The van der Waals surface area contributed by atoms with Gasteiger partial charge in [-0.25, -0.2) is 0 Å². The van der Waals surface area contributed by atoms with E-state index in [2.05, 4.69) is 46.5 Å². The number of rotatable bonds is 7. The Bertz CT molecular complexity index is 373. The van der Waals surface area contributed by atoms with Crippen LogP contribution in [-0.2, 0) is 11.3 Å². The first kappa shape index (κ1) is 15.7. The average Bonchev–Trinajstić information content (AvgIpc) is 2.64. The van der Waals surface area contributed by atoms with Gasteiger partial charge >= 0.3 is 0 Å². The van der Waals surface area contributed by atoms with Crippen molar-refractivity contribution < 1.29 is 4.79 Å². The molecule has 0 bridgehead atoms. The molecule has 0 radical (unpaired) electrons. The van der Waals surface area contributed by atoms with Gasteiger partial charge in [-0.2, -0.15) is 0 Å². The second kappa shape index (κ2) is 7.92. The fourth-order valence-corrected chi connectivity index (χ4v) is 3.04. The number of aryl methyl sites for hydroxylation is 1. The van der Waals surface area contributed by atoms with Gasteiger partial charge in [-0.05, 0) is 42.3 Å². The molecule has 5 heteroatoms. The van der Waals surface area contributed by atoms with Crippen LogP contribution in [0.1, 0.15) is 36.4 Å². The lowest BCUT2D eigenvalue weighted by Gasteiger charge is -2.11.